The Hall–Kier alpha value is -1.25. The lowest BCUT2D eigenvalue weighted by Crippen LogP contribution is -2.68. The molecule has 20 nitrogen and oxygen atoms in total. The maximum absolute atomic E-state index is 12.4. The summed E-state index contributed by atoms with van der Waals surface area (Å²) >= 11 is 0. The van der Waals surface area contributed by atoms with E-state index in [2.05, 4.69) is 5.32 Å². The van der Waals surface area contributed by atoms with E-state index < -0.39 is 135 Å². The molecule has 274 valence electrons. The van der Waals surface area contributed by atoms with Crippen molar-refractivity contribution in [1.29, 1.82) is 0 Å². The average Bonchev–Trinajstić information content (AvgIpc) is 3.34. The van der Waals surface area contributed by atoms with E-state index in [1.807, 2.05) is 0 Å². The van der Waals surface area contributed by atoms with Crippen LogP contribution >= 0.6 is 0 Å². The number of carbonyl (C=O) groups is 1. The maximum Gasteiger partial charge on any atom is 0.221 e. The van der Waals surface area contributed by atoms with E-state index in [9.17, 15) is 40.5 Å². The smallest absolute Gasteiger partial charge is 0.221 e. The number of ether oxygens (including phenoxy) is 6. The Kier molecular flexibility index (Phi) is 13.6. The molecule has 0 aromatic carbocycles. The number of nitrogens with two attached hydrogens (primary N) is 5. The molecule has 1 amide bonds. The fourth-order valence-corrected chi connectivity index (χ4v) is 6.44. The molecule has 3 saturated heterocycles. The molecular formula is C27H52N6O14. The van der Waals surface area contributed by atoms with Crippen LogP contribution in [0.3, 0.4) is 0 Å². The highest BCUT2D eigenvalue weighted by molar-refractivity contribution is 5.76. The minimum absolute atomic E-state index is 0.00117. The summed E-state index contributed by atoms with van der Waals surface area (Å²) in [7, 11) is 0. The van der Waals surface area contributed by atoms with Crippen LogP contribution in [0, 0.1) is 5.92 Å². The third kappa shape index (κ3) is 8.22. The number of aliphatic hydroxyl groups excluding tert-OH is 7. The van der Waals surface area contributed by atoms with E-state index >= 15 is 0 Å². The molecule has 0 bridgehead atoms. The highest BCUT2D eigenvalue weighted by Crippen LogP contribution is 2.35. The first-order valence-electron chi connectivity index (χ1n) is 15.8. The zero-order valence-electron chi connectivity index (χ0n) is 26.1. The quantitative estimate of drug-likeness (QED) is 0.0907. The Bertz CT molecular complexity index is 1010. The van der Waals surface area contributed by atoms with Gasteiger partial charge in [0.1, 0.15) is 54.9 Å². The van der Waals surface area contributed by atoms with E-state index in [1.165, 1.54) is 0 Å². The van der Waals surface area contributed by atoms with Gasteiger partial charge in [0.2, 0.25) is 5.91 Å². The number of nitrogens with one attached hydrogen (secondary N) is 1. The Morgan fingerprint density at radius 3 is 1.87 bits per heavy atom. The minimum atomic E-state index is -1.66. The minimum Gasteiger partial charge on any atom is -0.394 e. The van der Waals surface area contributed by atoms with Gasteiger partial charge in [0.15, 0.2) is 18.9 Å². The number of hydrogen-bond acceptors (Lipinski definition) is 19. The van der Waals surface area contributed by atoms with Crippen LogP contribution in [0.4, 0.5) is 0 Å². The van der Waals surface area contributed by atoms with Gasteiger partial charge >= 0.3 is 0 Å². The molecule has 3 aliphatic heterocycles. The maximum atomic E-state index is 12.4. The Morgan fingerprint density at radius 1 is 0.723 bits per heavy atom. The van der Waals surface area contributed by atoms with Gasteiger partial charge in [0, 0.05) is 31.5 Å². The second-order valence-corrected chi connectivity index (χ2v) is 12.6. The van der Waals surface area contributed by atoms with Crippen molar-refractivity contribution >= 4 is 5.91 Å². The molecule has 4 aliphatic rings. The van der Waals surface area contributed by atoms with Gasteiger partial charge in [-0.25, -0.2) is 0 Å². The van der Waals surface area contributed by atoms with E-state index in [0.717, 1.165) is 0 Å². The lowest BCUT2D eigenvalue weighted by Gasteiger charge is -2.48. The molecular weight excluding hydrogens is 632 g/mol. The third-order valence-electron chi connectivity index (χ3n) is 9.39. The topological polar surface area (TPSA) is 356 Å². The SMILES string of the molecule is C[C@H]1[C@H](O)[C@@H](N)[C@@H](O[C@H]2[C@H](O[C@@H]3O[C@H](CO)[C@@H](O[C@H]4O[C@@H](CN)[C@@H](O)[C@H](O)[C@H]4N)[C@H]3O)[C@@H](O)[C@H](NC(=O)CCN)C[C@@H]2N)O[C@@H]1CO. The summed E-state index contributed by atoms with van der Waals surface area (Å²) in [5.74, 6) is -0.991. The standard InChI is InChI=1S/C27H52N6O14/c1-8-12(6-34)43-25(15(31)17(8)37)45-22-9(30)4-10(33-14(36)2-3-28)18(38)24(22)47-27-21(41)23(13(7-35)44-27)46-26-16(32)20(40)19(39)11(5-29)42-26/h8-13,15-27,34-35,37-41H,2-7,28-32H2,1H3,(H,33,36)/t8-,9+,10-,11+,12-,13-,15-,16-,17+,18+,19-,20-,21-,22-,23-,24-,25-,26-,27+/m1/s1. The summed E-state index contributed by atoms with van der Waals surface area (Å²) in [6.07, 6.45) is -18.6. The molecule has 0 aromatic heterocycles. The second-order valence-electron chi connectivity index (χ2n) is 12.6. The summed E-state index contributed by atoms with van der Waals surface area (Å²) in [4.78, 5) is 12.4. The molecule has 3 heterocycles. The van der Waals surface area contributed by atoms with Crippen LogP contribution in [0.2, 0.25) is 0 Å². The molecule has 1 saturated carbocycles. The van der Waals surface area contributed by atoms with Crippen molar-refractivity contribution in [3.05, 3.63) is 0 Å². The predicted octanol–water partition coefficient (Wildman–Crippen LogP) is -8.08. The van der Waals surface area contributed by atoms with Crippen molar-refractivity contribution in [2.45, 2.75) is 130 Å². The van der Waals surface area contributed by atoms with Crippen LogP contribution in [0.15, 0.2) is 0 Å². The molecule has 0 unspecified atom stereocenters. The normalized spacial score (nSPS) is 49.2. The summed E-state index contributed by atoms with van der Waals surface area (Å²) in [6.45, 7) is 0.401. The Labute approximate surface area is 271 Å². The van der Waals surface area contributed by atoms with Crippen molar-refractivity contribution in [1.82, 2.24) is 5.32 Å². The number of rotatable bonds is 12. The van der Waals surface area contributed by atoms with Gasteiger partial charge in [-0.05, 0) is 6.42 Å². The monoisotopic (exact) mass is 684 g/mol. The van der Waals surface area contributed by atoms with Gasteiger partial charge < -0.3 is 98.2 Å². The predicted molar refractivity (Wildman–Crippen MR) is 157 cm³/mol. The van der Waals surface area contributed by atoms with Crippen LogP contribution in [0.5, 0.6) is 0 Å². The number of hydrogen-bond donors (Lipinski definition) is 13. The van der Waals surface area contributed by atoms with E-state index in [1.54, 1.807) is 6.92 Å². The number of carbonyl (C=O) groups excluding carboxylic acids is 1. The molecule has 20 heteroatoms. The highest BCUT2D eigenvalue weighted by Gasteiger charge is 2.54. The second kappa shape index (κ2) is 16.6. The van der Waals surface area contributed by atoms with Crippen molar-refractivity contribution < 1.29 is 69.0 Å². The van der Waals surface area contributed by atoms with Crippen LogP contribution in [-0.4, -0.2) is 178 Å². The van der Waals surface area contributed by atoms with Crippen molar-refractivity contribution in [3.63, 3.8) is 0 Å². The summed E-state index contributed by atoms with van der Waals surface area (Å²) < 4.78 is 35.2. The zero-order valence-corrected chi connectivity index (χ0v) is 26.1. The first-order valence-corrected chi connectivity index (χ1v) is 15.8. The summed E-state index contributed by atoms with van der Waals surface area (Å²) in [6, 6.07) is -4.26. The van der Waals surface area contributed by atoms with E-state index in [4.69, 9.17) is 57.1 Å². The molecule has 4 rings (SSSR count). The van der Waals surface area contributed by atoms with Gasteiger partial charge in [-0.15, -0.1) is 0 Å². The van der Waals surface area contributed by atoms with Crippen molar-refractivity contribution in [2.24, 2.45) is 34.6 Å². The van der Waals surface area contributed by atoms with Gasteiger partial charge in [-0.1, -0.05) is 6.92 Å². The molecule has 4 fully saturated rings. The highest BCUT2D eigenvalue weighted by atomic mass is 16.8. The first kappa shape index (κ1) is 38.6. The molecule has 0 aromatic rings. The van der Waals surface area contributed by atoms with Crippen LogP contribution < -0.4 is 34.0 Å². The van der Waals surface area contributed by atoms with E-state index in [-0.39, 0.29) is 25.9 Å². The fourth-order valence-electron chi connectivity index (χ4n) is 6.44. The fraction of sp³-hybridized carbons (Fsp3) is 0.963. The first-order chi connectivity index (χ1) is 22.3. The number of amides is 1. The van der Waals surface area contributed by atoms with Crippen molar-refractivity contribution in [2.75, 3.05) is 26.3 Å². The lowest BCUT2D eigenvalue weighted by molar-refractivity contribution is -0.305. The molecule has 0 spiro atoms. The van der Waals surface area contributed by atoms with Gasteiger partial charge in [0.25, 0.3) is 0 Å². The molecule has 1 aliphatic carbocycles. The molecule has 19 atom stereocenters. The van der Waals surface area contributed by atoms with Gasteiger partial charge in [-0.2, -0.15) is 0 Å². The molecule has 18 N–H and O–H groups in total. The van der Waals surface area contributed by atoms with Crippen LogP contribution in [0.1, 0.15) is 19.8 Å². The van der Waals surface area contributed by atoms with Crippen LogP contribution in [-0.2, 0) is 33.2 Å². The van der Waals surface area contributed by atoms with Gasteiger partial charge in [-0.3, -0.25) is 4.79 Å². The lowest BCUT2D eigenvalue weighted by atomic mass is 9.83. The largest absolute Gasteiger partial charge is 0.394 e. The summed E-state index contributed by atoms with van der Waals surface area (Å²) in [5.41, 5.74) is 29.8. The summed E-state index contributed by atoms with van der Waals surface area (Å²) in [5, 5.41) is 76.5. The van der Waals surface area contributed by atoms with Crippen molar-refractivity contribution in [3.8, 4) is 0 Å². The van der Waals surface area contributed by atoms with Crippen LogP contribution in [0.25, 0.3) is 0 Å². The Balaban J connectivity index is 1.56. The Morgan fingerprint density at radius 2 is 1.28 bits per heavy atom. The van der Waals surface area contributed by atoms with Gasteiger partial charge in [0.05, 0.1) is 43.5 Å². The van der Waals surface area contributed by atoms with E-state index in [0.29, 0.717) is 0 Å². The average molecular weight is 685 g/mol. The molecule has 47 heavy (non-hydrogen) atoms. The third-order valence-corrected chi connectivity index (χ3v) is 9.39. The zero-order chi connectivity index (χ0) is 34.7. The number of aliphatic hydroxyl groups is 7. The molecule has 0 radical (unpaired) electrons.